The van der Waals surface area contributed by atoms with Crippen molar-refractivity contribution in [3.05, 3.63) is 35.7 Å². The number of rotatable bonds is 8. The summed E-state index contributed by atoms with van der Waals surface area (Å²) in [5, 5.41) is 15.1. The van der Waals surface area contributed by atoms with Gasteiger partial charge in [-0.25, -0.2) is 0 Å². The molecule has 1 aliphatic heterocycles. The highest BCUT2D eigenvalue weighted by Crippen LogP contribution is 2.53. The molecule has 178 valence electrons. The quantitative estimate of drug-likeness (QED) is 0.394. The van der Waals surface area contributed by atoms with Crippen LogP contribution in [-0.2, 0) is 4.79 Å². The zero-order valence-electron chi connectivity index (χ0n) is 19.1. The number of hydrogen-bond acceptors (Lipinski definition) is 7. The second-order valence-corrected chi connectivity index (χ2v) is 11.5. The Bertz CT molecular complexity index is 1180. The molecule has 4 atom stereocenters. The first-order valence-electron chi connectivity index (χ1n) is 12.0. The van der Waals surface area contributed by atoms with Gasteiger partial charge in [0.1, 0.15) is 0 Å². The second-order valence-electron chi connectivity index (χ2n) is 9.45. The molecule has 3 heterocycles. The number of hydrogen-bond donors (Lipinski definition) is 1. The fraction of sp³-hybridized carbons (Fsp3) is 0.480. The maximum atomic E-state index is 12.6. The van der Waals surface area contributed by atoms with Gasteiger partial charge < -0.3 is 14.8 Å². The lowest BCUT2D eigenvalue weighted by Gasteiger charge is -2.30. The summed E-state index contributed by atoms with van der Waals surface area (Å²) in [5.74, 6) is 5.34. The first kappa shape index (κ1) is 22.0. The van der Waals surface area contributed by atoms with Gasteiger partial charge in [0, 0.05) is 30.0 Å². The number of aromatic nitrogens is 3. The van der Waals surface area contributed by atoms with E-state index in [1.54, 1.807) is 29.2 Å². The van der Waals surface area contributed by atoms with Crippen molar-refractivity contribution in [3.8, 4) is 22.2 Å². The summed E-state index contributed by atoms with van der Waals surface area (Å²) in [7, 11) is 0. The fourth-order valence-electron chi connectivity index (χ4n) is 5.83. The summed E-state index contributed by atoms with van der Waals surface area (Å²) in [5.41, 5.74) is 0.715. The van der Waals surface area contributed by atoms with Crippen LogP contribution in [0.1, 0.15) is 45.1 Å². The normalized spacial score (nSPS) is 23.4. The molecule has 6 rings (SSSR count). The fourth-order valence-corrected chi connectivity index (χ4v) is 7.49. The minimum Gasteiger partial charge on any atom is -0.454 e. The Morgan fingerprint density at radius 1 is 1.24 bits per heavy atom. The molecule has 1 aromatic carbocycles. The Morgan fingerprint density at radius 2 is 2.15 bits per heavy atom. The molecule has 2 saturated carbocycles. The molecule has 1 N–H and O–H groups in total. The maximum Gasteiger partial charge on any atom is 0.231 e. The van der Waals surface area contributed by atoms with Crippen LogP contribution >= 0.6 is 23.1 Å². The Morgan fingerprint density at radius 3 is 2.94 bits per heavy atom. The lowest BCUT2D eigenvalue weighted by atomic mass is 9.84. The van der Waals surface area contributed by atoms with E-state index in [0.29, 0.717) is 41.3 Å². The summed E-state index contributed by atoms with van der Waals surface area (Å²) >= 11 is 3.32. The van der Waals surface area contributed by atoms with Gasteiger partial charge in [0.2, 0.25) is 12.7 Å². The van der Waals surface area contributed by atoms with Crippen LogP contribution in [0.4, 0.5) is 5.69 Å². The van der Waals surface area contributed by atoms with E-state index in [2.05, 4.69) is 44.5 Å². The predicted octanol–water partition coefficient (Wildman–Crippen LogP) is 5.85. The largest absolute Gasteiger partial charge is 0.454 e. The molecule has 2 fully saturated rings. The Labute approximate surface area is 207 Å². The van der Waals surface area contributed by atoms with Crippen molar-refractivity contribution in [2.45, 2.75) is 50.2 Å². The third-order valence-corrected chi connectivity index (χ3v) is 9.25. The van der Waals surface area contributed by atoms with Crippen LogP contribution in [-0.4, -0.2) is 33.2 Å². The highest BCUT2D eigenvalue weighted by molar-refractivity contribution is 7.99. The van der Waals surface area contributed by atoms with Crippen LogP contribution in [0.5, 0.6) is 11.5 Å². The number of nitrogens with one attached hydrogen (secondary N) is 1. The molecular weight excluding hydrogens is 468 g/mol. The first-order valence-corrected chi connectivity index (χ1v) is 13.8. The van der Waals surface area contributed by atoms with Gasteiger partial charge in [-0.05, 0) is 67.5 Å². The molecular formula is C25H28N4O3S2. The van der Waals surface area contributed by atoms with Crippen molar-refractivity contribution in [3.63, 3.8) is 0 Å². The van der Waals surface area contributed by atoms with Crippen molar-refractivity contribution in [2.75, 3.05) is 17.9 Å². The van der Waals surface area contributed by atoms with Crippen LogP contribution < -0.4 is 14.8 Å². The summed E-state index contributed by atoms with van der Waals surface area (Å²) in [4.78, 5) is 13.7. The van der Waals surface area contributed by atoms with Gasteiger partial charge >= 0.3 is 0 Å². The molecule has 2 aromatic heterocycles. The van der Waals surface area contributed by atoms with Crippen LogP contribution in [0.2, 0.25) is 0 Å². The summed E-state index contributed by atoms with van der Waals surface area (Å²) < 4.78 is 13.1. The molecule has 3 aromatic rings. The van der Waals surface area contributed by atoms with Crippen molar-refractivity contribution >= 4 is 34.7 Å². The predicted molar refractivity (Wildman–Crippen MR) is 134 cm³/mol. The van der Waals surface area contributed by atoms with Crippen LogP contribution in [0.15, 0.2) is 40.9 Å². The number of ether oxygens (including phenoxy) is 2. The third-order valence-electron chi connectivity index (χ3n) is 7.44. The highest BCUT2D eigenvalue weighted by atomic mass is 32.2. The van der Waals surface area contributed by atoms with E-state index >= 15 is 0 Å². The maximum absolute atomic E-state index is 12.6. The van der Waals surface area contributed by atoms with Gasteiger partial charge in [-0.15, -0.1) is 21.5 Å². The van der Waals surface area contributed by atoms with E-state index in [1.807, 2.05) is 12.1 Å². The zero-order valence-corrected chi connectivity index (χ0v) is 20.7. The average Bonchev–Trinajstić information content (AvgIpc) is 3.66. The summed E-state index contributed by atoms with van der Waals surface area (Å²) in [6.45, 7) is 2.56. The Balaban J connectivity index is 1.13. The molecule has 2 aliphatic carbocycles. The molecule has 34 heavy (non-hydrogen) atoms. The zero-order chi connectivity index (χ0) is 23.1. The van der Waals surface area contributed by atoms with E-state index < -0.39 is 0 Å². The minimum absolute atomic E-state index is 0.0305. The third kappa shape index (κ3) is 4.20. The summed E-state index contributed by atoms with van der Waals surface area (Å²) in [6.07, 6.45) is 5.85. The SMILES string of the molecule is CC(C1CC2CCC1C2)n1c(SCCC(=O)Nc2ccc3c(c2)OCO3)nnc1-c1cccs1. The molecule has 1 amide bonds. The average molecular weight is 497 g/mol. The van der Waals surface area contributed by atoms with Gasteiger partial charge in [0.05, 0.1) is 4.88 Å². The van der Waals surface area contributed by atoms with Gasteiger partial charge in [0.15, 0.2) is 22.5 Å². The van der Waals surface area contributed by atoms with E-state index in [1.165, 1.54) is 25.7 Å². The number of carbonyl (C=O) groups is 1. The van der Waals surface area contributed by atoms with E-state index in [4.69, 9.17) is 9.47 Å². The van der Waals surface area contributed by atoms with Crippen molar-refractivity contribution < 1.29 is 14.3 Å². The van der Waals surface area contributed by atoms with Crippen molar-refractivity contribution in [2.24, 2.45) is 17.8 Å². The lowest BCUT2D eigenvalue weighted by molar-refractivity contribution is -0.115. The number of anilines is 1. The highest BCUT2D eigenvalue weighted by Gasteiger charge is 2.43. The molecule has 0 spiro atoms. The number of thiophene rings is 1. The second kappa shape index (κ2) is 9.26. The molecule has 3 aliphatic rings. The molecule has 0 saturated heterocycles. The number of carbonyl (C=O) groups excluding carboxylic acids is 1. The Hall–Kier alpha value is -2.52. The number of benzene rings is 1. The molecule has 9 heteroatoms. The van der Waals surface area contributed by atoms with Crippen LogP contribution in [0.25, 0.3) is 10.7 Å². The minimum atomic E-state index is -0.0305. The molecule has 7 nitrogen and oxygen atoms in total. The smallest absolute Gasteiger partial charge is 0.231 e. The van der Waals surface area contributed by atoms with Crippen molar-refractivity contribution in [1.29, 1.82) is 0 Å². The van der Waals surface area contributed by atoms with E-state index in [9.17, 15) is 4.79 Å². The van der Waals surface area contributed by atoms with E-state index in [0.717, 1.165) is 27.7 Å². The molecule has 4 unspecified atom stereocenters. The number of amides is 1. The monoisotopic (exact) mass is 496 g/mol. The van der Waals surface area contributed by atoms with Crippen molar-refractivity contribution in [1.82, 2.24) is 14.8 Å². The van der Waals surface area contributed by atoms with Gasteiger partial charge in [-0.3, -0.25) is 9.36 Å². The van der Waals surface area contributed by atoms with E-state index in [-0.39, 0.29) is 12.7 Å². The number of fused-ring (bicyclic) bond motifs is 3. The number of thioether (sulfide) groups is 1. The molecule has 0 radical (unpaired) electrons. The van der Waals surface area contributed by atoms with Gasteiger partial charge in [-0.2, -0.15) is 0 Å². The van der Waals surface area contributed by atoms with Gasteiger partial charge in [-0.1, -0.05) is 24.2 Å². The Kier molecular flexibility index (Phi) is 5.99. The standard InChI is InChI=1S/C25H28N4O3S2/c1-15(19-12-16-4-5-17(19)11-16)29-24(22-3-2-9-33-22)27-28-25(29)34-10-8-23(30)26-18-6-7-20-21(13-18)32-14-31-20/h2-3,6-7,9,13,15-17,19H,4-5,8,10-12,14H2,1H3,(H,26,30). The van der Waals surface area contributed by atoms with Crippen LogP contribution in [0, 0.1) is 17.8 Å². The molecule has 2 bridgehead atoms. The topological polar surface area (TPSA) is 78.3 Å². The lowest BCUT2D eigenvalue weighted by Crippen LogP contribution is -2.23. The first-order chi connectivity index (χ1) is 16.7. The van der Waals surface area contributed by atoms with Crippen LogP contribution in [0.3, 0.4) is 0 Å². The van der Waals surface area contributed by atoms with Gasteiger partial charge in [0.25, 0.3) is 0 Å². The summed E-state index contributed by atoms with van der Waals surface area (Å²) in [6, 6.07) is 9.99. The number of nitrogens with zero attached hydrogens (tertiary/aromatic N) is 3.